The number of nitrogens with one attached hydrogen (secondary N) is 3. The van der Waals surface area contributed by atoms with Crippen molar-refractivity contribution in [2.75, 3.05) is 6.54 Å². The number of carbonyl (C=O) groups is 4. The van der Waals surface area contributed by atoms with E-state index in [1.54, 1.807) is 0 Å². The maximum atomic E-state index is 13.1. The average molecular weight is 476 g/mol. The van der Waals surface area contributed by atoms with E-state index in [1.807, 2.05) is 44.2 Å². The minimum atomic E-state index is -0.941. The molecule has 0 aliphatic heterocycles. The van der Waals surface area contributed by atoms with E-state index in [0.717, 1.165) is 5.56 Å². The predicted molar refractivity (Wildman–Crippen MR) is 130 cm³/mol. The lowest BCUT2D eigenvalue weighted by Crippen LogP contribution is -2.58. The Bertz CT molecular complexity index is 856. The van der Waals surface area contributed by atoms with Gasteiger partial charge in [0, 0.05) is 19.9 Å². The molecule has 0 aliphatic rings. The summed E-state index contributed by atoms with van der Waals surface area (Å²) < 4.78 is 0. The van der Waals surface area contributed by atoms with Gasteiger partial charge in [-0.15, -0.1) is 0 Å². The summed E-state index contributed by atoms with van der Waals surface area (Å²) in [5, 5.41) is 7.99. The number of carbonyl (C=O) groups excluding carboxylic acids is 4. The zero-order valence-electron chi connectivity index (χ0n) is 20.0. The Labute approximate surface area is 200 Å². The molecule has 0 bridgehead atoms. The third-order valence-electron chi connectivity index (χ3n) is 5.38. The van der Waals surface area contributed by atoms with Gasteiger partial charge in [0.1, 0.15) is 18.1 Å². The molecule has 4 atom stereocenters. The summed E-state index contributed by atoms with van der Waals surface area (Å²) in [5.74, 6) is -2.41. The number of hydrogen-bond donors (Lipinski definition) is 6. The summed E-state index contributed by atoms with van der Waals surface area (Å²) in [6.07, 6.45) is 1.53. The molecule has 0 heterocycles. The van der Waals surface area contributed by atoms with Gasteiger partial charge >= 0.3 is 0 Å². The first-order chi connectivity index (χ1) is 16.0. The summed E-state index contributed by atoms with van der Waals surface area (Å²) in [6.45, 7) is 5.29. The van der Waals surface area contributed by atoms with Gasteiger partial charge in [-0.25, -0.2) is 0 Å². The standard InChI is InChI=1S/C23H37N7O4/c1-4-14(2)19(22(34)29-18(20(24)32)13-16-9-6-5-7-10-16)30-21(33)17(28-15(3)31)11-8-12-27-23(25)26/h5-7,9-10,14,17-19H,4,8,11-13H2,1-3H3,(H2,24,32)(H,28,31)(H,29,34)(H,30,33)(H4,25,26,27). The van der Waals surface area contributed by atoms with Crippen molar-refractivity contribution in [2.24, 2.45) is 28.1 Å². The first kappa shape index (κ1) is 28.4. The highest BCUT2D eigenvalue weighted by atomic mass is 16.2. The summed E-state index contributed by atoms with van der Waals surface area (Å²) in [7, 11) is 0. The lowest BCUT2D eigenvalue weighted by molar-refractivity contribution is -0.134. The van der Waals surface area contributed by atoms with Gasteiger partial charge in [0.15, 0.2) is 5.96 Å². The third kappa shape index (κ3) is 10.3. The molecule has 11 nitrogen and oxygen atoms in total. The number of nitrogens with two attached hydrogens (primary N) is 3. The van der Waals surface area contributed by atoms with Crippen LogP contribution < -0.4 is 33.2 Å². The van der Waals surface area contributed by atoms with Crippen LogP contribution in [0.25, 0.3) is 0 Å². The molecule has 9 N–H and O–H groups in total. The van der Waals surface area contributed by atoms with Gasteiger partial charge in [-0.3, -0.25) is 24.2 Å². The van der Waals surface area contributed by atoms with Crippen LogP contribution in [0.15, 0.2) is 35.3 Å². The molecule has 0 spiro atoms. The Kier molecular flexibility index (Phi) is 12.1. The second-order valence-electron chi connectivity index (χ2n) is 8.23. The predicted octanol–water partition coefficient (Wildman–Crippen LogP) is -0.712. The molecule has 1 rings (SSSR count). The number of nitrogens with zero attached hydrogens (tertiary/aromatic N) is 1. The number of primary amides is 1. The van der Waals surface area contributed by atoms with Crippen molar-refractivity contribution in [3.8, 4) is 0 Å². The van der Waals surface area contributed by atoms with Crippen LogP contribution in [0.4, 0.5) is 0 Å². The number of benzene rings is 1. The molecule has 0 aliphatic carbocycles. The van der Waals surface area contributed by atoms with Crippen LogP contribution in [0.1, 0.15) is 45.6 Å². The molecule has 11 heteroatoms. The van der Waals surface area contributed by atoms with Crippen LogP contribution >= 0.6 is 0 Å². The third-order valence-corrected chi connectivity index (χ3v) is 5.38. The highest BCUT2D eigenvalue weighted by Gasteiger charge is 2.31. The molecule has 0 fully saturated rings. The van der Waals surface area contributed by atoms with Crippen LogP contribution in [0.2, 0.25) is 0 Å². The van der Waals surface area contributed by atoms with E-state index >= 15 is 0 Å². The van der Waals surface area contributed by atoms with Crippen LogP contribution in [-0.2, 0) is 25.6 Å². The van der Waals surface area contributed by atoms with E-state index in [4.69, 9.17) is 17.2 Å². The lowest BCUT2D eigenvalue weighted by atomic mass is 9.96. The van der Waals surface area contributed by atoms with Crippen LogP contribution in [0, 0.1) is 5.92 Å². The second kappa shape index (κ2) is 14.5. The van der Waals surface area contributed by atoms with Crippen LogP contribution in [0.3, 0.4) is 0 Å². The molecule has 34 heavy (non-hydrogen) atoms. The molecule has 188 valence electrons. The number of amides is 4. The largest absolute Gasteiger partial charge is 0.370 e. The van der Waals surface area contributed by atoms with Crippen molar-refractivity contribution in [1.82, 2.24) is 16.0 Å². The highest BCUT2D eigenvalue weighted by molar-refractivity contribution is 5.94. The zero-order valence-corrected chi connectivity index (χ0v) is 20.0. The summed E-state index contributed by atoms with van der Waals surface area (Å²) in [6, 6.07) is 6.42. The van der Waals surface area contributed by atoms with E-state index in [2.05, 4.69) is 20.9 Å². The Morgan fingerprint density at radius 1 is 0.941 bits per heavy atom. The smallest absolute Gasteiger partial charge is 0.243 e. The number of aliphatic imine (C=N–C) groups is 1. The van der Waals surface area contributed by atoms with Crippen molar-refractivity contribution in [1.29, 1.82) is 0 Å². The fourth-order valence-corrected chi connectivity index (χ4v) is 3.31. The molecule has 0 aromatic heterocycles. The lowest BCUT2D eigenvalue weighted by Gasteiger charge is -2.28. The van der Waals surface area contributed by atoms with Gasteiger partial charge in [0.25, 0.3) is 0 Å². The molecule has 0 radical (unpaired) electrons. The Morgan fingerprint density at radius 2 is 1.59 bits per heavy atom. The Balaban J connectivity index is 2.94. The fourth-order valence-electron chi connectivity index (χ4n) is 3.31. The van der Waals surface area contributed by atoms with Crippen molar-refractivity contribution in [2.45, 2.75) is 64.6 Å². The molecule has 1 aromatic carbocycles. The first-order valence-corrected chi connectivity index (χ1v) is 11.3. The normalized spacial score (nSPS) is 14.1. The maximum absolute atomic E-state index is 13.1. The number of guanidine groups is 1. The van der Waals surface area contributed by atoms with Crippen molar-refractivity contribution in [3.05, 3.63) is 35.9 Å². The Hall–Kier alpha value is -3.63. The summed E-state index contributed by atoms with van der Waals surface area (Å²) in [4.78, 5) is 53.5. The van der Waals surface area contributed by atoms with E-state index in [0.29, 0.717) is 19.4 Å². The van der Waals surface area contributed by atoms with E-state index in [9.17, 15) is 19.2 Å². The second-order valence-corrected chi connectivity index (χ2v) is 8.23. The first-order valence-electron chi connectivity index (χ1n) is 11.3. The topological polar surface area (TPSA) is 195 Å². The summed E-state index contributed by atoms with van der Waals surface area (Å²) in [5.41, 5.74) is 17.0. The summed E-state index contributed by atoms with van der Waals surface area (Å²) >= 11 is 0. The van der Waals surface area contributed by atoms with E-state index in [1.165, 1.54) is 6.92 Å². The number of hydrogen-bond acceptors (Lipinski definition) is 5. The molecular weight excluding hydrogens is 438 g/mol. The van der Waals surface area contributed by atoms with Crippen molar-refractivity contribution < 1.29 is 19.2 Å². The molecule has 0 saturated heterocycles. The SMILES string of the molecule is CCC(C)C(NC(=O)C(CCCN=C(N)N)NC(C)=O)C(=O)NC(Cc1ccccc1)C(N)=O. The molecular formula is C23H37N7O4. The van der Waals surface area contributed by atoms with E-state index in [-0.39, 0.29) is 30.6 Å². The minimum absolute atomic E-state index is 0.0615. The van der Waals surface area contributed by atoms with Gasteiger partial charge in [0.2, 0.25) is 23.6 Å². The quantitative estimate of drug-likeness (QED) is 0.117. The fraction of sp³-hybridized carbons (Fsp3) is 0.522. The van der Waals surface area contributed by atoms with Gasteiger partial charge in [-0.05, 0) is 24.3 Å². The maximum Gasteiger partial charge on any atom is 0.243 e. The molecule has 4 amide bonds. The van der Waals surface area contributed by atoms with Crippen molar-refractivity contribution in [3.63, 3.8) is 0 Å². The van der Waals surface area contributed by atoms with Crippen molar-refractivity contribution >= 4 is 29.6 Å². The molecule has 4 unspecified atom stereocenters. The van der Waals surface area contributed by atoms with Gasteiger partial charge in [-0.2, -0.15) is 0 Å². The highest BCUT2D eigenvalue weighted by Crippen LogP contribution is 2.11. The van der Waals surface area contributed by atoms with Gasteiger partial charge in [-0.1, -0.05) is 50.6 Å². The zero-order chi connectivity index (χ0) is 25.7. The molecule has 0 saturated carbocycles. The Morgan fingerprint density at radius 3 is 2.12 bits per heavy atom. The monoisotopic (exact) mass is 475 g/mol. The van der Waals surface area contributed by atoms with Gasteiger partial charge in [0.05, 0.1) is 0 Å². The van der Waals surface area contributed by atoms with Gasteiger partial charge < -0.3 is 33.2 Å². The van der Waals surface area contributed by atoms with E-state index < -0.39 is 35.8 Å². The average Bonchev–Trinajstić information content (AvgIpc) is 2.78. The minimum Gasteiger partial charge on any atom is -0.370 e. The molecule has 1 aromatic rings. The van der Waals surface area contributed by atoms with Crippen LogP contribution in [0.5, 0.6) is 0 Å². The van der Waals surface area contributed by atoms with Crippen LogP contribution in [-0.4, -0.2) is 54.3 Å². The number of rotatable bonds is 14.